The highest BCUT2D eigenvalue weighted by Crippen LogP contribution is 2.23. The first-order valence-corrected chi connectivity index (χ1v) is 6.03. The molecule has 0 aliphatic carbocycles. The number of ether oxygens (including phenoxy) is 1. The molecule has 19 heavy (non-hydrogen) atoms. The SMILES string of the molecule is CCCC[C@H](O)[C@H](N)c1cccc(OC(F)F)c1.Cl. The Morgan fingerprint density at radius 2 is 2.05 bits per heavy atom. The highest BCUT2D eigenvalue weighted by molar-refractivity contribution is 5.85. The number of unbranched alkanes of at least 4 members (excludes halogenated alkanes) is 1. The number of hydrogen-bond acceptors (Lipinski definition) is 3. The van der Waals surface area contributed by atoms with E-state index in [1.807, 2.05) is 6.92 Å². The Balaban J connectivity index is 0.00000324. The zero-order valence-corrected chi connectivity index (χ0v) is 11.6. The topological polar surface area (TPSA) is 55.5 Å². The molecule has 0 unspecified atom stereocenters. The van der Waals surface area contributed by atoms with Gasteiger partial charge in [-0.05, 0) is 24.1 Å². The molecule has 1 rings (SSSR count). The van der Waals surface area contributed by atoms with Crippen LogP contribution < -0.4 is 10.5 Å². The van der Waals surface area contributed by atoms with Crippen molar-refractivity contribution >= 4 is 12.4 Å². The lowest BCUT2D eigenvalue weighted by molar-refractivity contribution is -0.0499. The van der Waals surface area contributed by atoms with Gasteiger partial charge in [0.1, 0.15) is 5.75 Å². The van der Waals surface area contributed by atoms with Gasteiger partial charge in [0.15, 0.2) is 0 Å². The first kappa shape index (κ1) is 18.1. The van der Waals surface area contributed by atoms with Gasteiger partial charge in [-0.3, -0.25) is 0 Å². The maximum Gasteiger partial charge on any atom is 0.387 e. The zero-order valence-electron chi connectivity index (χ0n) is 10.8. The van der Waals surface area contributed by atoms with Crippen LogP contribution in [-0.2, 0) is 0 Å². The Hall–Kier alpha value is -0.910. The van der Waals surface area contributed by atoms with Crippen LogP contribution >= 0.6 is 12.4 Å². The summed E-state index contributed by atoms with van der Waals surface area (Å²) in [6, 6.07) is 5.56. The number of aliphatic hydroxyl groups is 1. The van der Waals surface area contributed by atoms with Crippen LogP contribution in [-0.4, -0.2) is 17.8 Å². The number of hydrogen-bond donors (Lipinski definition) is 2. The van der Waals surface area contributed by atoms with Crippen LogP contribution in [0.1, 0.15) is 37.8 Å². The average Bonchev–Trinajstić information content (AvgIpc) is 2.34. The van der Waals surface area contributed by atoms with Crippen LogP contribution in [0.4, 0.5) is 8.78 Å². The molecule has 3 N–H and O–H groups in total. The van der Waals surface area contributed by atoms with Crippen molar-refractivity contribution in [1.82, 2.24) is 0 Å². The molecule has 0 radical (unpaired) electrons. The molecule has 0 aliphatic rings. The Bertz CT molecular complexity index is 366. The first-order chi connectivity index (χ1) is 8.54. The van der Waals surface area contributed by atoms with Crippen molar-refractivity contribution in [3.63, 3.8) is 0 Å². The van der Waals surface area contributed by atoms with Crippen LogP contribution in [0.3, 0.4) is 0 Å². The molecule has 0 saturated heterocycles. The molecule has 6 heteroatoms. The number of aliphatic hydroxyl groups excluding tert-OH is 1. The maximum atomic E-state index is 12.1. The lowest BCUT2D eigenvalue weighted by Crippen LogP contribution is -2.26. The van der Waals surface area contributed by atoms with Crippen molar-refractivity contribution in [3.05, 3.63) is 29.8 Å². The Morgan fingerprint density at radius 3 is 2.63 bits per heavy atom. The third-order valence-electron chi connectivity index (χ3n) is 2.74. The van der Waals surface area contributed by atoms with Gasteiger partial charge < -0.3 is 15.6 Å². The van der Waals surface area contributed by atoms with E-state index in [0.717, 1.165) is 12.8 Å². The minimum Gasteiger partial charge on any atom is -0.435 e. The molecule has 0 aliphatic heterocycles. The summed E-state index contributed by atoms with van der Waals surface area (Å²) in [4.78, 5) is 0. The molecule has 110 valence electrons. The van der Waals surface area contributed by atoms with Gasteiger partial charge in [-0.2, -0.15) is 8.78 Å². The van der Waals surface area contributed by atoms with Crippen molar-refractivity contribution in [2.45, 2.75) is 44.9 Å². The number of halogens is 3. The molecule has 3 nitrogen and oxygen atoms in total. The summed E-state index contributed by atoms with van der Waals surface area (Å²) in [5.41, 5.74) is 6.48. The van der Waals surface area contributed by atoms with Crippen LogP contribution in [0, 0.1) is 0 Å². The second-order valence-corrected chi connectivity index (χ2v) is 4.19. The standard InChI is InChI=1S/C13H19F2NO2.ClH/c1-2-3-7-11(17)12(16)9-5-4-6-10(8-9)18-13(14)15;/h4-6,8,11-13,17H,2-3,7,16H2,1H3;1H/t11-,12+;/m0./s1. The summed E-state index contributed by atoms with van der Waals surface area (Å²) in [6.07, 6.45) is 1.77. The second-order valence-electron chi connectivity index (χ2n) is 4.19. The van der Waals surface area contributed by atoms with Gasteiger partial charge >= 0.3 is 6.61 Å². The van der Waals surface area contributed by atoms with Gasteiger partial charge in [-0.25, -0.2) is 0 Å². The molecule has 0 amide bonds. The summed E-state index contributed by atoms with van der Waals surface area (Å²) >= 11 is 0. The smallest absolute Gasteiger partial charge is 0.387 e. The third-order valence-corrected chi connectivity index (χ3v) is 2.74. The molecule has 1 aromatic rings. The predicted molar refractivity (Wildman–Crippen MR) is 72.8 cm³/mol. The molecule has 2 atom stereocenters. The van der Waals surface area contributed by atoms with E-state index in [-0.39, 0.29) is 18.2 Å². The van der Waals surface area contributed by atoms with Crippen LogP contribution in [0.2, 0.25) is 0 Å². The molecule has 0 saturated carbocycles. The van der Waals surface area contributed by atoms with E-state index in [2.05, 4.69) is 4.74 Å². The van der Waals surface area contributed by atoms with E-state index in [1.54, 1.807) is 12.1 Å². The van der Waals surface area contributed by atoms with E-state index in [1.165, 1.54) is 12.1 Å². The van der Waals surface area contributed by atoms with Crippen molar-refractivity contribution in [2.75, 3.05) is 0 Å². The Morgan fingerprint density at radius 1 is 1.37 bits per heavy atom. The molecule has 1 aromatic carbocycles. The number of nitrogens with two attached hydrogens (primary N) is 1. The fraction of sp³-hybridized carbons (Fsp3) is 0.538. The fourth-order valence-corrected chi connectivity index (χ4v) is 1.71. The minimum absolute atomic E-state index is 0. The maximum absolute atomic E-state index is 12.1. The lowest BCUT2D eigenvalue weighted by Gasteiger charge is -2.19. The van der Waals surface area contributed by atoms with E-state index in [4.69, 9.17) is 5.73 Å². The zero-order chi connectivity index (χ0) is 13.5. The molecule has 0 heterocycles. The number of alkyl halides is 2. The third kappa shape index (κ3) is 6.18. The average molecular weight is 296 g/mol. The summed E-state index contributed by atoms with van der Waals surface area (Å²) < 4.78 is 28.4. The summed E-state index contributed by atoms with van der Waals surface area (Å²) in [7, 11) is 0. The Labute approximate surface area is 118 Å². The van der Waals surface area contributed by atoms with Gasteiger partial charge in [0.05, 0.1) is 12.1 Å². The molecular formula is C13H20ClF2NO2. The van der Waals surface area contributed by atoms with Crippen molar-refractivity contribution in [2.24, 2.45) is 5.73 Å². The molecule has 0 bridgehead atoms. The van der Waals surface area contributed by atoms with Gasteiger partial charge in [0.25, 0.3) is 0 Å². The summed E-state index contributed by atoms with van der Waals surface area (Å²) in [5, 5.41) is 9.86. The molecule has 0 fully saturated rings. The summed E-state index contributed by atoms with van der Waals surface area (Å²) in [5.74, 6) is 0.0561. The number of rotatable bonds is 7. The lowest BCUT2D eigenvalue weighted by atomic mass is 9.98. The van der Waals surface area contributed by atoms with Crippen LogP contribution in [0.15, 0.2) is 24.3 Å². The van der Waals surface area contributed by atoms with Crippen molar-refractivity contribution < 1.29 is 18.6 Å². The number of benzene rings is 1. The van der Waals surface area contributed by atoms with Crippen molar-refractivity contribution in [3.8, 4) is 5.75 Å². The van der Waals surface area contributed by atoms with E-state index >= 15 is 0 Å². The van der Waals surface area contributed by atoms with Gasteiger partial charge in [0.2, 0.25) is 0 Å². The largest absolute Gasteiger partial charge is 0.435 e. The van der Waals surface area contributed by atoms with E-state index in [0.29, 0.717) is 12.0 Å². The van der Waals surface area contributed by atoms with Crippen LogP contribution in [0.25, 0.3) is 0 Å². The fourth-order valence-electron chi connectivity index (χ4n) is 1.71. The Kier molecular flexibility index (Phi) is 8.63. The molecule has 0 aromatic heterocycles. The quantitative estimate of drug-likeness (QED) is 0.812. The molecule has 0 spiro atoms. The van der Waals surface area contributed by atoms with Gasteiger partial charge in [-0.1, -0.05) is 31.9 Å². The predicted octanol–water partition coefficient (Wildman–Crippen LogP) is 3.26. The van der Waals surface area contributed by atoms with E-state index < -0.39 is 18.8 Å². The monoisotopic (exact) mass is 295 g/mol. The van der Waals surface area contributed by atoms with Gasteiger partial charge in [-0.15, -0.1) is 12.4 Å². The van der Waals surface area contributed by atoms with Crippen LogP contribution in [0.5, 0.6) is 5.75 Å². The minimum atomic E-state index is -2.86. The van der Waals surface area contributed by atoms with Gasteiger partial charge in [0, 0.05) is 0 Å². The normalized spacial score (nSPS) is 13.8. The highest BCUT2D eigenvalue weighted by Gasteiger charge is 2.17. The summed E-state index contributed by atoms with van der Waals surface area (Å²) in [6.45, 7) is -0.837. The highest BCUT2D eigenvalue weighted by atomic mass is 35.5. The molecular weight excluding hydrogens is 276 g/mol. The second kappa shape index (κ2) is 9.07. The first-order valence-electron chi connectivity index (χ1n) is 6.03. The van der Waals surface area contributed by atoms with Crippen molar-refractivity contribution in [1.29, 1.82) is 0 Å². The van der Waals surface area contributed by atoms with E-state index in [9.17, 15) is 13.9 Å².